The van der Waals surface area contributed by atoms with E-state index in [1.165, 1.54) is 0 Å². The van der Waals surface area contributed by atoms with Crippen LogP contribution in [0.15, 0.2) is 18.2 Å². The molecular formula is C11H13ClN2O2. The first-order valence-electron chi connectivity index (χ1n) is 5.05. The molecule has 1 aliphatic rings. The zero-order chi connectivity index (χ0) is 11.7. The van der Waals surface area contributed by atoms with Gasteiger partial charge in [-0.05, 0) is 24.6 Å². The summed E-state index contributed by atoms with van der Waals surface area (Å²) in [5.74, 6) is 0. The van der Waals surface area contributed by atoms with Gasteiger partial charge in [0.1, 0.15) is 6.61 Å². The van der Waals surface area contributed by atoms with Crippen molar-refractivity contribution in [3.8, 4) is 0 Å². The molecule has 0 saturated carbocycles. The smallest absolute Gasteiger partial charge is 0.414 e. The van der Waals surface area contributed by atoms with Crippen LogP contribution in [0, 0.1) is 6.92 Å². The molecule has 1 heterocycles. The van der Waals surface area contributed by atoms with Crippen LogP contribution in [0.4, 0.5) is 10.5 Å². The zero-order valence-corrected chi connectivity index (χ0v) is 9.70. The molecule has 4 nitrogen and oxygen atoms in total. The molecule has 1 aromatic carbocycles. The fraction of sp³-hybridized carbons (Fsp3) is 0.364. The van der Waals surface area contributed by atoms with Gasteiger partial charge < -0.3 is 10.5 Å². The van der Waals surface area contributed by atoms with Gasteiger partial charge in [0, 0.05) is 11.6 Å². The van der Waals surface area contributed by atoms with Crippen molar-refractivity contribution in [2.24, 2.45) is 5.73 Å². The normalized spacial score (nSPS) is 20.1. The van der Waals surface area contributed by atoms with Crippen LogP contribution in [-0.2, 0) is 4.74 Å². The molecule has 1 fully saturated rings. The van der Waals surface area contributed by atoms with Crippen LogP contribution in [0.25, 0.3) is 0 Å². The molecule has 0 aromatic heterocycles. The largest absolute Gasteiger partial charge is 0.447 e. The number of cyclic esters (lactones) is 1. The Morgan fingerprint density at radius 1 is 1.62 bits per heavy atom. The Hall–Kier alpha value is -1.26. The van der Waals surface area contributed by atoms with Gasteiger partial charge in [-0.2, -0.15) is 0 Å². The summed E-state index contributed by atoms with van der Waals surface area (Å²) in [4.78, 5) is 13.2. The van der Waals surface area contributed by atoms with E-state index in [1.807, 2.05) is 13.0 Å². The fourth-order valence-corrected chi connectivity index (χ4v) is 1.94. The minimum Gasteiger partial charge on any atom is -0.447 e. The van der Waals surface area contributed by atoms with Gasteiger partial charge in [-0.25, -0.2) is 4.79 Å². The lowest BCUT2D eigenvalue weighted by atomic mass is 10.1. The summed E-state index contributed by atoms with van der Waals surface area (Å²) >= 11 is 5.92. The number of aryl methyl sites for hydroxylation is 1. The predicted molar refractivity (Wildman–Crippen MR) is 62.9 cm³/mol. The quantitative estimate of drug-likeness (QED) is 0.860. The van der Waals surface area contributed by atoms with E-state index in [2.05, 4.69) is 0 Å². The van der Waals surface area contributed by atoms with Crippen LogP contribution >= 0.6 is 11.6 Å². The van der Waals surface area contributed by atoms with Gasteiger partial charge in [0.2, 0.25) is 0 Å². The van der Waals surface area contributed by atoms with E-state index in [0.29, 0.717) is 18.2 Å². The third kappa shape index (κ3) is 1.86. The SMILES string of the molecule is Cc1ccc(Cl)cc1N1C(=O)OCC1CN. The number of halogens is 1. The molecular weight excluding hydrogens is 228 g/mol. The van der Waals surface area contributed by atoms with Gasteiger partial charge in [0.25, 0.3) is 0 Å². The molecule has 1 atom stereocenters. The lowest BCUT2D eigenvalue weighted by molar-refractivity contribution is 0.179. The average Bonchev–Trinajstić information content (AvgIpc) is 2.63. The molecule has 2 N–H and O–H groups in total. The van der Waals surface area contributed by atoms with Gasteiger partial charge in [-0.15, -0.1) is 0 Å². The molecule has 0 radical (unpaired) electrons. The van der Waals surface area contributed by atoms with E-state index in [9.17, 15) is 4.79 Å². The van der Waals surface area contributed by atoms with Crippen LogP contribution in [-0.4, -0.2) is 25.3 Å². The Kier molecular flexibility index (Phi) is 3.03. The van der Waals surface area contributed by atoms with Crippen LogP contribution in [0.1, 0.15) is 5.56 Å². The number of amides is 1. The number of nitrogens with two attached hydrogens (primary N) is 1. The van der Waals surface area contributed by atoms with Crippen molar-refractivity contribution in [2.45, 2.75) is 13.0 Å². The van der Waals surface area contributed by atoms with Crippen molar-refractivity contribution in [1.82, 2.24) is 0 Å². The minimum absolute atomic E-state index is 0.107. The second-order valence-corrected chi connectivity index (χ2v) is 4.20. The van der Waals surface area contributed by atoms with Crippen molar-refractivity contribution in [3.63, 3.8) is 0 Å². The summed E-state index contributed by atoms with van der Waals surface area (Å²) in [6, 6.07) is 5.31. The third-order valence-corrected chi connectivity index (χ3v) is 2.90. The van der Waals surface area contributed by atoms with Crippen LogP contribution in [0.3, 0.4) is 0 Å². The third-order valence-electron chi connectivity index (χ3n) is 2.66. The summed E-state index contributed by atoms with van der Waals surface area (Å²) in [6.07, 6.45) is -0.360. The molecule has 1 aliphatic heterocycles. The molecule has 0 spiro atoms. The van der Waals surface area contributed by atoms with Crippen LogP contribution in [0.2, 0.25) is 5.02 Å². The average molecular weight is 241 g/mol. The molecule has 1 aromatic rings. The lowest BCUT2D eigenvalue weighted by Gasteiger charge is -2.22. The molecule has 86 valence electrons. The zero-order valence-electron chi connectivity index (χ0n) is 8.94. The monoisotopic (exact) mass is 240 g/mol. The fourth-order valence-electron chi connectivity index (χ4n) is 1.77. The summed E-state index contributed by atoms with van der Waals surface area (Å²) in [6.45, 7) is 2.63. The maximum Gasteiger partial charge on any atom is 0.414 e. The molecule has 1 saturated heterocycles. The second kappa shape index (κ2) is 4.31. The molecule has 0 aliphatic carbocycles. The summed E-state index contributed by atoms with van der Waals surface area (Å²) in [5, 5.41) is 0.594. The first-order valence-corrected chi connectivity index (χ1v) is 5.43. The summed E-state index contributed by atoms with van der Waals surface area (Å²) in [5.41, 5.74) is 7.35. The van der Waals surface area contributed by atoms with E-state index in [1.54, 1.807) is 17.0 Å². The number of rotatable bonds is 2. The van der Waals surface area contributed by atoms with E-state index in [4.69, 9.17) is 22.1 Å². The highest BCUT2D eigenvalue weighted by molar-refractivity contribution is 6.31. The van der Waals surface area contributed by atoms with Gasteiger partial charge in [0.15, 0.2) is 0 Å². The Balaban J connectivity index is 2.41. The van der Waals surface area contributed by atoms with Gasteiger partial charge in [0.05, 0.1) is 11.7 Å². The molecule has 1 amide bonds. The molecule has 2 rings (SSSR count). The Bertz CT molecular complexity index is 422. The van der Waals surface area contributed by atoms with E-state index in [0.717, 1.165) is 11.3 Å². The van der Waals surface area contributed by atoms with Crippen LogP contribution in [0.5, 0.6) is 0 Å². The van der Waals surface area contributed by atoms with E-state index < -0.39 is 0 Å². The Labute approximate surface area is 98.9 Å². The summed E-state index contributed by atoms with van der Waals surface area (Å²) in [7, 11) is 0. The molecule has 0 bridgehead atoms. The minimum atomic E-state index is -0.360. The highest BCUT2D eigenvalue weighted by atomic mass is 35.5. The first-order chi connectivity index (χ1) is 7.63. The number of hydrogen-bond acceptors (Lipinski definition) is 3. The predicted octanol–water partition coefficient (Wildman–Crippen LogP) is 1.93. The van der Waals surface area contributed by atoms with Crippen molar-refractivity contribution in [3.05, 3.63) is 28.8 Å². The number of hydrogen-bond donors (Lipinski definition) is 1. The van der Waals surface area contributed by atoms with E-state index in [-0.39, 0.29) is 12.1 Å². The molecule has 1 unspecified atom stereocenters. The highest BCUT2D eigenvalue weighted by Gasteiger charge is 2.34. The highest BCUT2D eigenvalue weighted by Crippen LogP contribution is 2.28. The van der Waals surface area contributed by atoms with Crippen molar-refractivity contribution in [2.75, 3.05) is 18.1 Å². The van der Waals surface area contributed by atoms with Gasteiger partial charge in [-0.3, -0.25) is 4.90 Å². The maximum atomic E-state index is 11.6. The van der Waals surface area contributed by atoms with Crippen molar-refractivity contribution in [1.29, 1.82) is 0 Å². The number of ether oxygens (including phenoxy) is 1. The first kappa shape index (κ1) is 11.2. The second-order valence-electron chi connectivity index (χ2n) is 3.77. The topological polar surface area (TPSA) is 55.6 Å². The number of benzene rings is 1. The van der Waals surface area contributed by atoms with E-state index >= 15 is 0 Å². The standard InChI is InChI=1S/C11H13ClN2O2/c1-7-2-3-8(12)4-10(7)14-9(5-13)6-16-11(14)15/h2-4,9H,5-6,13H2,1H3. The number of carbonyl (C=O) groups is 1. The Morgan fingerprint density at radius 2 is 2.38 bits per heavy atom. The number of anilines is 1. The maximum absolute atomic E-state index is 11.6. The van der Waals surface area contributed by atoms with Crippen molar-refractivity contribution >= 4 is 23.4 Å². The summed E-state index contributed by atoms with van der Waals surface area (Å²) < 4.78 is 4.98. The number of carbonyl (C=O) groups excluding carboxylic acids is 1. The Morgan fingerprint density at radius 3 is 3.06 bits per heavy atom. The van der Waals surface area contributed by atoms with Crippen molar-refractivity contribution < 1.29 is 9.53 Å². The molecule has 16 heavy (non-hydrogen) atoms. The van der Waals surface area contributed by atoms with Gasteiger partial charge >= 0.3 is 6.09 Å². The molecule has 5 heteroatoms. The lowest BCUT2D eigenvalue weighted by Crippen LogP contribution is -2.39. The van der Waals surface area contributed by atoms with Gasteiger partial charge in [-0.1, -0.05) is 17.7 Å². The van der Waals surface area contributed by atoms with Crippen LogP contribution < -0.4 is 10.6 Å². The number of nitrogens with zero attached hydrogens (tertiary/aromatic N) is 1.